The molecule has 0 amide bonds. The summed E-state index contributed by atoms with van der Waals surface area (Å²) in [4.78, 5) is 11.0. The van der Waals surface area contributed by atoms with Gasteiger partial charge < -0.3 is 0 Å². The van der Waals surface area contributed by atoms with Gasteiger partial charge in [-0.15, -0.1) is 0 Å². The van der Waals surface area contributed by atoms with Crippen LogP contribution < -0.4 is 0 Å². The van der Waals surface area contributed by atoms with Gasteiger partial charge in [0.15, 0.2) is 0 Å². The number of benzene rings is 4. The molecule has 0 aliphatic rings. The number of carbonyl (C=O) groups is 1. The van der Waals surface area contributed by atoms with Gasteiger partial charge in [-0.05, 0) is 22.8 Å². The van der Waals surface area contributed by atoms with E-state index in [9.17, 15) is 4.79 Å². The molecule has 3 nitrogen and oxygen atoms in total. The smallest absolute Gasteiger partial charge is 0.150 e. The summed E-state index contributed by atoms with van der Waals surface area (Å²) >= 11 is 0. The van der Waals surface area contributed by atoms with E-state index in [1.54, 1.807) is 0 Å². The number of hydrogen-bond acceptors (Lipinski definition) is 2. The van der Waals surface area contributed by atoms with Crippen LogP contribution >= 0.6 is 0 Å². The Bertz CT molecular complexity index is 1210. The van der Waals surface area contributed by atoms with Crippen molar-refractivity contribution in [3.63, 3.8) is 0 Å². The van der Waals surface area contributed by atoms with Gasteiger partial charge in [-0.1, -0.05) is 115 Å². The minimum atomic E-state index is -0.634. The zero-order valence-electron chi connectivity index (χ0n) is 17.5. The zero-order chi connectivity index (χ0) is 21.8. The number of rotatable bonds is 6. The maximum Gasteiger partial charge on any atom is 0.150 e. The van der Waals surface area contributed by atoms with Gasteiger partial charge in [-0.2, -0.15) is 5.10 Å². The number of aromatic nitrogens is 2. The lowest BCUT2D eigenvalue weighted by Crippen LogP contribution is -2.38. The summed E-state index contributed by atoms with van der Waals surface area (Å²) in [5.41, 5.74) is 5.23. The third-order valence-corrected chi connectivity index (χ3v) is 5.85. The highest BCUT2D eigenvalue weighted by Gasteiger charge is 2.39. The van der Waals surface area contributed by atoms with Crippen molar-refractivity contribution >= 4 is 6.29 Å². The first kappa shape index (κ1) is 19.7. The highest BCUT2D eigenvalue weighted by Crippen LogP contribution is 2.40. The molecule has 1 heterocycles. The monoisotopic (exact) mass is 414 g/mol. The molecule has 0 bridgehead atoms. The molecule has 3 heteroatoms. The first-order valence-electron chi connectivity index (χ1n) is 10.6. The summed E-state index contributed by atoms with van der Waals surface area (Å²) in [6.07, 6.45) is 2.89. The van der Waals surface area contributed by atoms with Crippen LogP contribution in [0.5, 0.6) is 0 Å². The fourth-order valence-corrected chi connectivity index (χ4v) is 4.33. The molecule has 0 atom stereocenters. The fraction of sp³-hybridized carbons (Fsp3) is 0.0345. The lowest BCUT2D eigenvalue weighted by molar-refractivity contribution is 0.112. The molecule has 5 rings (SSSR count). The molecule has 0 N–H and O–H groups in total. The van der Waals surface area contributed by atoms with Gasteiger partial charge in [0.1, 0.15) is 11.8 Å². The predicted molar refractivity (Wildman–Crippen MR) is 128 cm³/mol. The molecule has 32 heavy (non-hydrogen) atoms. The molecular weight excluding hydrogens is 392 g/mol. The molecule has 1 aromatic heterocycles. The van der Waals surface area contributed by atoms with Crippen molar-refractivity contribution in [1.29, 1.82) is 0 Å². The fourth-order valence-electron chi connectivity index (χ4n) is 4.33. The molecule has 0 fully saturated rings. The summed E-state index contributed by atoms with van der Waals surface area (Å²) in [7, 11) is 0. The Morgan fingerprint density at radius 1 is 0.594 bits per heavy atom. The van der Waals surface area contributed by atoms with Gasteiger partial charge in [-0.25, -0.2) is 0 Å². The Labute approximate surface area is 187 Å². The zero-order valence-corrected chi connectivity index (χ0v) is 17.5. The van der Waals surface area contributed by atoms with Crippen LogP contribution in [0, 0.1) is 0 Å². The lowest BCUT2D eigenvalue weighted by Gasteiger charge is -2.36. The highest BCUT2D eigenvalue weighted by atomic mass is 16.1. The van der Waals surface area contributed by atoms with E-state index in [0.29, 0.717) is 5.56 Å². The van der Waals surface area contributed by atoms with Crippen molar-refractivity contribution in [2.45, 2.75) is 5.54 Å². The van der Waals surface area contributed by atoms with E-state index >= 15 is 0 Å². The van der Waals surface area contributed by atoms with Crippen LogP contribution in [0.1, 0.15) is 27.0 Å². The maximum atomic E-state index is 11.0. The molecule has 154 valence electrons. The summed E-state index contributed by atoms with van der Waals surface area (Å²) in [5, 5.41) is 5.07. The number of nitrogens with zero attached hydrogens (tertiary/aromatic N) is 2. The van der Waals surface area contributed by atoms with Crippen molar-refractivity contribution < 1.29 is 4.79 Å². The molecule has 0 saturated carbocycles. The van der Waals surface area contributed by atoms with E-state index in [4.69, 9.17) is 5.10 Å². The SMILES string of the molecule is O=Cc1ccc(-c2ccn(C(c3ccccc3)(c3ccccc3)c3ccccc3)n2)cc1. The standard InChI is InChI=1S/C29H22N2O/c32-22-23-16-18-24(19-17-23)28-20-21-31(30-28)29(25-10-4-1-5-11-25,26-12-6-2-7-13-26)27-14-8-3-9-15-27/h1-22H. The molecule has 0 unspecified atom stereocenters. The van der Waals surface area contributed by atoms with Gasteiger partial charge in [0.05, 0.1) is 5.69 Å². The average Bonchev–Trinajstić information content (AvgIpc) is 3.37. The highest BCUT2D eigenvalue weighted by molar-refractivity contribution is 5.76. The van der Waals surface area contributed by atoms with Gasteiger partial charge in [0.2, 0.25) is 0 Å². The number of aldehydes is 1. The van der Waals surface area contributed by atoms with Gasteiger partial charge in [0.25, 0.3) is 0 Å². The van der Waals surface area contributed by atoms with Crippen molar-refractivity contribution in [1.82, 2.24) is 9.78 Å². The first-order valence-corrected chi connectivity index (χ1v) is 10.6. The summed E-state index contributed by atoms with van der Waals surface area (Å²) in [6.45, 7) is 0. The van der Waals surface area contributed by atoms with E-state index in [1.807, 2.05) is 54.7 Å². The third-order valence-electron chi connectivity index (χ3n) is 5.85. The van der Waals surface area contributed by atoms with Crippen LogP contribution in [0.4, 0.5) is 0 Å². The van der Waals surface area contributed by atoms with Gasteiger partial charge >= 0.3 is 0 Å². The van der Waals surface area contributed by atoms with Gasteiger partial charge in [0, 0.05) is 17.3 Å². The van der Waals surface area contributed by atoms with Crippen molar-refractivity contribution in [3.05, 3.63) is 150 Å². The average molecular weight is 415 g/mol. The van der Waals surface area contributed by atoms with Crippen LogP contribution in [0.3, 0.4) is 0 Å². The van der Waals surface area contributed by atoms with E-state index in [-0.39, 0.29) is 0 Å². The third kappa shape index (κ3) is 3.34. The second-order valence-electron chi connectivity index (χ2n) is 7.69. The Kier molecular flexibility index (Phi) is 5.22. The predicted octanol–water partition coefficient (Wildman–Crippen LogP) is 6.20. The number of hydrogen-bond donors (Lipinski definition) is 0. The molecule has 0 saturated heterocycles. The molecule has 0 aliphatic carbocycles. The second kappa shape index (κ2) is 8.48. The van der Waals surface area contributed by atoms with Crippen LogP contribution in [0.2, 0.25) is 0 Å². The van der Waals surface area contributed by atoms with E-state index in [1.165, 1.54) is 0 Å². The Morgan fingerprint density at radius 2 is 1.06 bits per heavy atom. The van der Waals surface area contributed by atoms with Crippen molar-refractivity contribution in [2.24, 2.45) is 0 Å². The topological polar surface area (TPSA) is 34.9 Å². The largest absolute Gasteiger partial charge is 0.298 e. The van der Waals surface area contributed by atoms with E-state index < -0.39 is 5.54 Å². The normalized spacial score (nSPS) is 11.2. The Balaban J connectivity index is 1.77. The van der Waals surface area contributed by atoms with Crippen molar-refractivity contribution in [2.75, 3.05) is 0 Å². The minimum absolute atomic E-state index is 0.634. The molecule has 0 radical (unpaired) electrons. The quantitative estimate of drug-likeness (QED) is 0.245. The molecular formula is C29H22N2O. The summed E-state index contributed by atoms with van der Waals surface area (Å²) < 4.78 is 2.05. The molecule has 4 aromatic carbocycles. The lowest BCUT2D eigenvalue weighted by atomic mass is 9.77. The minimum Gasteiger partial charge on any atom is -0.298 e. The van der Waals surface area contributed by atoms with Crippen LogP contribution in [0.25, 0.3) is 11.3 Å². The van der Waals surface area contributed by atoms with E-state index in [0.717, 1.165) is 34.2 Å². The van der Waals surface area contributed by atoms with E-state index in [2.05, 4.69) is 77.5 Å². The first-order chi connectivity index (χ1) is 15.8. The summed E-state index contributed by atoms with van der Waals surface area (Å²) in [6, 6.07) is 41.0. The number of carbonyl (C=O) groups excluding carboxylic acids is 1. The maximum absolute atomic E-state index is 11.0. The molecule has 5 aromatic rings. The second-order valence-corrected chi connectivity index (χ2v) is 7.69. The van der Waals surface area contributed by atoms with Gasteiger partial charge in [-0.3, -0.25) is 9.48 Å². The van der Waals surface area contributed by atoms with Crippen LogP contribution in [-0.4, -0.2) is 16.1 Å². The molecule has 0 spiro atoms. The van der Waals surface area contributed by atoms with Crippen molar-refractivity contribution in [3.8, 4) is 11.3 Å². The summed E-state index contributed by atoms with van der Waals surface area (Å²) in [5.74, 6) is 0. The Hall–Kier alpha value is -4.24. The van der Waals surface area contributed by atoms with Crippen LogP contribution in [-0.2, 0) is 5.54 Å². The molecule has 0 aliphatic heterocycles. The van der Waals surface area contributed by atoms with Crippen LogP contribution in [0.15, 0.2) is 128 Å². The Morgan fingerprint density at radius 3 is 1.50 bits per heavy atom.